The molecule has 0 amide bonds. The van der Waals surface area contributed by atoms with Crippen LogP contribution in [0.3, 0.4) is 0 Å². The molecule has 19 heavy (non-hydrogen) atoms. The fraction of sp³-hybridized carbons (Fsp3) is 0.125. The molecule has 0 heterocycles. The number of carbonyl (C=O) groups excluding carboxylic acids is 1. The number of hydrogen-bond acceptors (Lipinski definition) is 2. The van der Waals surface area contributed by atoms with Gasteiger partial charge in [-0.3, -0.25) is 4.79 Å². The zero-order valence-corrected chi connectivity index (χ0v) is 10.4. The molecule has 0 aliphatic carbocycles. The van der Waals surface area contributed by atoms with Gasteiger partial charge >= 0.3 is 5.97 Å². The zero-order chi connectivity index (χ0) is 13.5. The highest BCUT2D eigenvalue weighted by Crippen LogP contribution is 2.07. The first kappa shape index (κ1) is 13.3. The molecule has 0 atom stereocenters. The van der Waals surface area contributed by atoms with Crippen molar-refractivity contribution in [2.75, 3.05) is 0 Å². The molecule has 0 aliphatic heterocycles. The molecule has 0 saturated heterocycles. The van der Waals surface area contributed by atoms with Crippen molar-refractivity contribution in [1.82, 2.24) is 0 Å². The number of rotatable bonds is 5. The minimum atomic E-state index is -0.367. The normalized spacial score (nSPS) is 10.2. The molecule has 3 heteroatoms. The van der Waals surface area contributed by atoms with Crippen molar-refractivity contribution >= 4 is 5.97 Å². The fourth-order valence-corrected chi connectivity index (χ4v) is 1.61. The van der Waals surface area contributed by atoms with E-state index < -0.39 is 0 Å². The summed E-state index contributed by atoms with van der Waals surface area (Å²) in [4.78, 5) is 11.5. The molecule has 0 unspecified atom stereocenters. The standard InChI is InChI=1S/C16H14FO2/c17-15-9-6-13(7-10-15)8-11-16(18)19-12-14-4-2-1-3-5-14/h1-7,9-11H,8,12H2. The van der Waals surface area contributed by atoms with Gasteiger partial charge in [0.15, 0.2) is 0 Å². The SMILES string of the molecule is O=C([CH]Cc1ccc(F)cc1)OCc1ccccc1. The van der Waals surface area contributed by atoms with Crippen molar-refractivity contribution in [3.63, 3.8) is 0 Å². The second kappa shape index (κ2) is 6.69. The summed E-state index contributed by atoms with van der Waals surface area (Å²) in [7, 11) is 0. The lowest BCUT2D eigenvalue weighted by Crippen LogP contribution is -2.06. The molecule has 97 valence electrons. The van der Waals surface area contributed by atoms with Crippen LogP contribution in [0.2, 0.25) is 0 Å². The summed E-state index contributed by atoms with van der Waals surface area (Å²) in [6.45, 7) is 0.263. The predicted octanol–water partition coefficient (Wildman–Crippen LogP) is 3.32. The molecular weight excluding hydrogens is 243 g/mol. The van der Waals surface area contributed by atoms with Crippen LogP contribution in [0, 0.1) is 12.2 Å². The van der Waals surface area contributed by atoms with Crippen molar-refractivity contribution in [2.24, 2.45) is 0 Å². The summed E-state index contributed by atoms with van der Waals surface area (Å²) in [5, 5.41) is 0. The van der Waals surface area contributed by atoms with Crippen molar-refractivity contribution in [3.8, 4) is 0 Å². The summed E-state index contributed by atoms with van der Waals surface area (Å²) in [6, 6.07) is 15.5. The minimum absolute atomic E-state index is 0.263. The lowest BCUT2D eigenvalue weighted by Gasteiger charge is -2.04. The molecule has 0 spiro atoms. The third-order valence-electron chi connectivity index (χ3n) is 2.64. The van der Waals surface area contributed by atoms with Crippen molar-refractivity contribution in [1.29, 1.82) is 0 Å². The third-order valence-corrected chi connectivity index (χ3v) is 2.64. The molecule has 2 nitrogen and oxygen atoms in total. The van der Waals surface area contributed by atoms with E-state index in [0.29, 0.717) is 6.42 Å². The number of esters is 1. The lowest BCUT2D eigenvalue weighted by atomic mass is 10.1. The van der Waals surface area contributed by atoms with Gasteiger partial charge in [-0.15, -0.1) is 0 Å². The van der Waals surface area contributed by atoms with Crippen molar-refractivity contribution in [2.45, 2.75) is 13.0 Å². The van der Waals surface area contributed by atoms with Gasteiger partial charge in [0.05, 0.1) is 6.42 Å². The van der Waals surface area contributed by atoms with E-state index in [0.717, 1.165) is 11.1 Å². The van der Waals surface area contributed by atoms with Crippen molar-refractivity contribution < 1.29 is 13.9 Å². The highest BCUT2D eigenvalue weighted by atomic mass is 19.1. The first-order valence-electron chi connectivity index (χ1n) is 6.02. The third kappa shape index (κ3) is 4.54. The van der Waals surface area contributed by atoms with E-state index >= 15 is 0 Å². The first-order chi connectivity index (χ1) is 9.24. The van der Waals surface area contributed by atoms with E-state index in [1.165, 1.54) is 18.6 Å². The predicted molar refractivity (Wildman–Crippen MR) is 70.6 cm³/mol. The smallest absolute Gasteiger partial charge is 0.310 e. The minimum Gasteiger partial charge on any atom is -0.461 e. The summed E-state index contributed by atoms with van der Waals surface area (Å²) >= 11 is 0. The topological polar surface area (TPSA) is 26.3 Å². The number of halogens is 1. The van der Waals surface area contributed by atoms with Crippen LogP contribution in [-0.2, 0) is 22.6 Å². The Labute approximate surface area is 111 Å². The number of hydrogen-bond donors (Lipinski definition) is 0. The maximum Gasteiger partial charge on any atom is 0.310 e. The van der Waals surface area contributed by atoms with Gasteiger partial charge in [-0.25, -0.2) is 4.39 Å². The molecule has 1 radical (unpaired) electrons. The Morgan fingerprint density at radius 2 is 1.68 bits per heavy atom. The highest BCUT2D eigenvalue weighted by Gasteiger charge is 2.05. The molecule has 0 N–H and O–H groups in total. The number of ether oxygens (including phenoxy) is 1. The summed E-state index contributed by atoms with van der Waals surface area (Å²) in [5.41, 5.74) is 1.82. The van der Waals surface area contributed by atoms with Crippen LogP contribution < -0.4 is 0 Å². The van der Waals surface area contributed by atoms with Gasteiger partial charge in [-0.2, -0.15) is 0 Å². The Kier molecular flexibility index (Phi) is 4.67. The van der Waals surface area contributed by atoms with E-state index in [4.69, 9.17) is 4.74 Å². The average molecular weight is 257 g/mol. The summed E-state index contributed by atoms with van der Waals surface area (Å²) < 4.78 is 17.8. The van der Waals surface area contributed by atoms with Gasteiger partial charge < -0.3 is 4.74 Å². The molecule has 0 aromatic heterocycles. The zero-order valence-electron chi connectivity index (χ0n) is 10.4. The van der Waals surface area contributed by atoms with Gasteiger partial charge in [0.2, 0.25) is 0 Å². The quantitative estimate of drug-likeness (QED) is 0.768. The van der Waals surface area contributed by atoms with Crippen LogP contribution in [0.25, 0.3) is 0 Å². The van der Waals surface area contributed by atoms with E-state index in [-0.39, 0.29) is 18.4 Å². The first-order valence-corrected chi connectivity index (χ1v) is 6.02. The van der Waals surface area contributed by atoms with E-state index in [1.807, 2.05) is 30.3 Å². The molecule has 0 aliphatic rings. The fourth-order valence-electron chi connectivity index (χ4n) is 1.61. The highest BCUT2D eigenvalue weighted by molar-refractivity contribution is 5.79. The van der Waals surface area contributed by atoms with Gasteiger partial charge in [0.25, 0.3) is 0 Å². The maximum absolute atomic E-state index is 12.7. The second-order valence-electron chi connectivity index (χ2n) is 4.13. The van der Waals surface area contributed by atoms with Crippen LogP contribution in [0.15, 0.2) is 54.6 Å². The summed E-state index contributed by atoms with van der Waals surface area (Å²) in [5.74, 6) is -0.649. The van der Waals surface area contributed by atoms with Gasteiger partial charge in [0, 0.05) is 0 Å². The van der Waals surface area contributed by atoms with Crippen LogP contribution in [0.4, 0.5) is 4.39 Å². The molecule has 2 aromatic rings. The van der Waals surface area contributed by atoms with E-state index in [1.54, 1.807) is 12.1 Å². The van der Waals surface area contributed by atoms with Crippen LogP contribution in [-0.4, -0.2) is 5.97 Å². The molecule has 2 rings (SSSR count). The van der Waals surface area contributed by atoms with Gasteiger partial charge in [-0.1, -0.05) is 42.5 Å². The number of carbonyl (C=O) groups is 1. The summed E-state index contributed by atoms with van der Waals surface area (Å²) in [6.07, 6.45) is 1.89. The Balaban J connectivity index is 1.74. The molecular formula is C16H14FO2. The van der Waals surface area contributed by atoms with Crippen LogP contribution >= 0.6 is 0 Å². The largest absolute Gasteiger partial charge is 0.461 e. The Morgan fingerprint density at radius 3 is 2.37 bits per heavy atom. The number of benzene rings is 2. The molecule has 2 aromatic carbocycles. The Hall–Kier alpha value is -2.16. The molecule has 0 fully saturated rings. The molecule has 0 saturated carbocycles. The Bertz CT molecular complexity index is 520. The second-order valence-corrected chi connectivity index (χ2v) is 4.13. The van der Waals surface area contributed by atoms with E-state index in [9.17, 15) is 9.18 Å². The monoisotopic (exact) mass is 257 g/mol. The maximum atomic E-state index is 12.7. The van der Waals surface area contributed by atoms with Crippen molar-refractivity contribution in [3.05, 3.63) is 78.0 Å². The average Bonchev–Trinajstić information content (AvgIpc) is 2.45. The molecule has 0 bridgehead atoms. The van der Waals surface area contributed by atoms with Gasteiger partial charge in [-0.05, 0) is 29.7 Å². The van der Waals surface area contributed by atoms with Crippen LogP contribution in [0.5, 0.6) is 0 Å². The Morgan fingerprint density at radius 1 is 1.00 bits per heavy atom. The van der Waals surface area contributed by atoms with Gasteiger partial charge in [0.1, 0.15) is 12.4 Å². The lowest BCUT2D eigenvalue weighted by molar-refractivity contribution is -0.140. The van der Waals surface area contributed by atoms with Crippen LogP contribution in [0.1, 0.15) is 11.1 Å². The van der Waals surface area contributed by atoms with E-state index in [2.05, 4.69) is 0 Å².